The number of rotatable bonds is 4. The number of hydrogen-bond donors (Lipinski definition) is 0. The molecule has 0 radical (unpaired) electrons. The molecule has 0 aliphatic rings. The van der Waals surface area contributed by atoms with Crippen molar-refractivity contribution in [3.8, 4) is 0 Å². The van der Waals surface area contributed by atoms with Crippen molar-refractivity contribution < 1.29 is 68.3 Å². The summed E-state index contributed by atoms with van der Waals surface area (Å²) in [6.07, 6.45) is 7.24. The fraction of sp³-hybridized carbons (Fsp3) is 0.650. The summed E-state index contributed by atoms with van der Waals surface area (Å²) in [5.41, 5.74) is -1.56. The molecule has 1 heterocycles. The molecule has 0 unspecified atom stereocenters. The molecule has 0 aliphatic heterocycles. The smallest absolute Gasteiger partial charge is 0.875 e. The molecule has 8 nitrogen and oxygen atoms in total. The van der Waals surface area contributed by atoms with Gasteiger partial charge in [-0.05, 0) is 46.6 Å². The summed E-state index contributed by atoms with van der Waals surface area (Å²) in [5.74, 6) is -0.625. The Balaban J connectivity index is -0.000000276. The zero-order chi connectivity index (χ0) is 39.3. The molecule has 0 N–H and O–H groups in total. The molecule has 0 atom stereocenters. The predicted molar refractivity (Wildman–Crippen MR) is 195 cm³/mol. The number of carbonyl (C=O) groups excluding carboxylic acids is 3. The molecule has 0 fully saturated rings. The van der Waals surface area contributed by atoms with Crippen molar-refractivity contribution in [2.24, 2.45) is 32.5 Å². The summed E-state index contributed by atoms with van der Waals surface area (Å²) in [4.78, 5) is 40.3. The van der Waals surface area contributed by atoms with Gasteiger partial charge in [0.2, 0.25) is 0 Å². The SMILES string of the molecule is CC(C)(C)C(=O)/C=C(\[O-])C(C)(C)C.CC(C)(C)C(=O)/C=C(\[O-])C(C)(C)C.CC(C)(C)C(=O)/C=C(\[O-])C(C)(C)C.CN(C)c1ccncc1.[Tb+3]. The third-order valence-electron chi connectivity index (χ3n) is 6.40. The van der Waals surface area contributed by atoms with Gasteiger partial charge in [0.15, 0.2) is 17.3 Å². The van der Waals surface area contributed by atoms with E-state index in [1.165, 1.54) is 23.9 Å². The zero-order valence-corrected chi connectivity index (χ0v) is 36.4. The number of hydrogen-bond acceptors (Lipinski definition) is 8. The largest absolute Gasteiger partial charge is 3.00 e. The summed E-state index contributed by atoms with van der Waals surface area (Å²) in [6, 6.07) is 3.94. The number of ketones is 3. The molecule has 1 rings (SSSR count). The summed E-state index contributed by atoms with van der Waals surface area (Å²) >= 11 is 0. The fourth-order valence-corrected chi connectivity index (χ4v) is 2.30. The van der Waals surface area contributed by atoms with Crippen molar-refractivity contribution in [3.63, 3.8) is 0 Å². The van der Waals surface area contributed by atoms with E-state index in [0.717, 1.165) is 0 Å². The molecule has 0 spiro atoms. The summed E-state index contributed by atoms with van der Waals surface area (Å²) in [5, 5.41) is 34.3. The van der Waals surface area contributed by atoms with E-state index in [-0.39, 0.29) is 73.2 Å². The molecule has 1 aromatic heterocycles. The van der Waals surface area contributed by atoms with Crippen LogP contribution in [-0.4, -0.2) is 36.4 Å². The average Bonchev–Trinajstić information content (AvgIpc) is 2.87. The number of aromatic nitrogens is 1. The second-order valence-corrected chi connectivity index (χ2v) is 18.2. The van der Waals surface area contributed by atoms with Crippen LogP contribution in [-0.2, 0) is 14.4 Å². The van der Waals surface area contributed by atoms with Gasteiger partial charge < -0.3 is 20.2 Å². The third kappa shape index (κ3) is 26.4. The van der Waals surface area contributed by atoms with Crippen LogP contribution in [0, 0.1) is 71.1 Å². The molecule has 0 saturated carbocycles. The molecule has 0 aromatic carbocycles. The van der Waals surface area contributed by atoms with E-state index in [1.54, 1.807) is 12.4 Å². The minimum absolute atomic E-state index is 0. The molecule has 49 heavy (non-hydrogen) atoms. The summed E-state index contributed by atoms with van der Waals surface area (Å²) in [6.45, 7) is 32.5. The number of carbonyl (C=O) groups is 3. The molecule has 0 bridgehead atoms. The van der Waals surface area contributed by atoms with E-state index >= 15 is 0 Å². The molecule has 0 saturated heterocycles. The Labute approximate surface area is 330 Å². The maximum Gasteiger partial charge on any atom is 3.00 e. The number of allylic oxidation sites excluding steroid dienone is 6. The fourth-order valence-electron chi connectivity index (χ4n) is 2.30. The standard InChI is InChI=1S/3C11H20O2.C7H10N2.Tb/c3*1-10(2,3)8(12)7-9(13)11(4,5)6;1-9(2)7-3-5-8-6-4-7;/h3*7,12H,1-6H3;3-6H,1-2H3;/q;;;;+3/p-3/b3*8-7-;;. The van der Waals surface area contributed by atoms with Crippen molar-refractivity contribution in [2.75, 3.05) is 19.0 Å². The molecule has 1 aromatic rings. The minimum atomic E-state index is -0.457. The van der Waals surface area contributed by atoms with Gasteiger partial charge in [0, 0.05) is 48.4 Å². The van der Waals surface area contributed by atoms with Crippen LogP contribution < -0.4 is 20.2 Å². The normalized spacial score (nSPS) is 13.2. The van der Waals surface area contributed by atoms with Crippen LogP contribution in [0.5, 0.6) is 0 Å². The zero-order valence-electron chi connectivity index (χ0n) is 34.2. The van der Waals surface area contributed by atoms with Gasteiger partial charge in [-0.2, -0.15) is 0 Å². The maximum atomic E-state index is 11.4. The van der Waals surface area contributed by atoms with Gasteiger partial charge in [-0.1, -0.05) is 125 Å². The van der Waals surface area contributed by atoms with Crippen molar-refractivity contribution >= 4 is 23.0 Å². The van der Waals surface area contributed by atoms with Crippen molar-refractivity contribution in [1.82, 2.24) is 4.98 Å². The first-order valence-electron chi connectivity index (χ1n) is 16.3. The Kier molecular flexibility index (Phi) is 23.3. The van der Waals surface area contributed by atoms with Crippen LogP contribution in [0.3, 0.4) is 0 Å². The van der Waals surface area contributed by atoms with Gasteiger partial charge in [0.25, 0.3) is 0 Å². The van der Waals surface area contributed by atoms with Crippen LogP contribution in [0.4, 0.5) is 5.69 Å². The second-order valence-electron chi connectivity index (χ2n) is 18.2. The van der Waals surface area contributed by atoms with Gasteiger partial charge in [-0.3, -0.25) is 19.4 Å². The van der Waals surface area contributed by atoms with Gasteiger partial charge in [-0.25, -0.2) is 0 Å². The van der Waals surface area contributed by atoms with Gasteiger partial charge in [-0.15, -0.1) is 17.3 Å². The quantitative estimate of drug-likeness (QED) is 0.238. The Morgan fingerprint density at radius 2 is 0.694 bits per heavy atom. The van der Waals surface area contributed by atoms with E-state index in [2.05, 4.69) is 4.98 Å². The second kappa shape index (κ2) is 21.3. The monoisotopic (exact) mass is 830 g/mol. The van der Waals surface area contributed by atoms with Crippen LogP contribution in [0.25, 0.3) is 0 Å². The molecular weight excluding hydrogens is 763 g/mol. The van der Waals surface area contributed by atoms with E-state index in [4.69, 9.17) is 0 Å². The Morgan fingerprint density at radius 1 is 0.490 bits per heavy atom. The van der Waals surface area contributed by atoms with Gasteiger partial charge in [0.05, 0.1) is 0 Å². The van der Waals surface area contributed by atoms with Gasteiger partial charge >= 0.3 is 38.6 Å². The molecular formula is C40H67N2O6Tb. The average molecular weight is 831 g/mol. The van der Waals surface area contributed by atoms with Crippen molar-refractivity contribution in [1.29, 1.82) is 0 Å². The van der Waals surface area contributed by atoms with Gasteiger partial charge in [0.1, 0.15) is 0 Å². The first-order valence-corrected chi connectivity index (χ1v) is 16.3. The first kappa shape index (κ1) is 53.7. The molecule has 0 aliphatic carbocycles. The van der Waals surface area contributed by atoms with E-state index in [9.17, 15) is 29.7 Å². The minimum Gasteiger partial charge on any atom is -0.875 e. The number of pyridine rings is 1. The van der Waals surface area contributed by atoms with Crippen LogP contribution in [0.2, 0.25) is 0 Å². The molecule has 282 valence electrons. The molecule has 0 amide bonds. The van der Waals surface area contributed by atoms with E-state index in [0.29, 0.717) is 0 Å². The predicted octanol–water partition coefficient (Wildman–Crippen LogP) is 6.82. The van der Waals surface area contributed by atoms with Crippen molar-refractivity contribution in [2.45, 2.75) is 125 Å². The Hall–Kier alpha value is -2.13. The van der Waals surface area contributed by atoms with E-state index < -0.39 is 32.5 Å². The summed E-state index contributed by atoms with van der Waals surface area (Å²) < 4.78 is 0. The summed E-state index contributed by atoms with van der Waals surface area (Å²) in [7, 11) is 4.02. The van der Waals surface area contributed by atoms with Crippen LogP contribution >= 0.6 is 0 Å². The van der Waals surface area contributed by atoms with Crippen LogP contribution in [0.1, 0.15) is 125 Å². The Morgan fingerprint density at radius 3 is 0.816 bits per heavy atom. The van der Waals surface area contributed by atoms with Crippen molar-refractivity contribution in [3.05, 3.63) is 60.0 Å². The molecule has 9 heteroatoms. The maximum absolute atomic E-state index is 11.4. The topological polar surface area (TPSA) is 137 Å². The van der Waals surface area contributed by atoms with Crippen LogP contribution in [0.15, 0.2) is 60.0 Å². The first-order chi connectivity index (χ1) is 21.0. The third-order valence-corrected chi connectivity index (χ3v) is 6.40. The number of nitrogens with zero attached hydrogens (tertiary/aromatic N) is 2. The number of anilines is 1. The Bertz CT molecular complexity index is 1130. The van der Waals surface area contributed by atoms with E-state index in [1.807, 2.05) is 156 Å².